The van der Waals surface area contributed by atoms with Gasteiger partial charge in [0.15, 0.2) is 0 Å². The second kappa shape index (κ2) is 9.95. The molecular weight excluding hydrogens is 398 g/mol. The van der Waals surface area contributed by atoms with Crippen molar-refractivity contribution in [3.8, 4) is 0 Å². The van der Waals surface area contributed by atoms with Crippen LogP contribution < -0.4 is 4.90 Å². The summed E-state index contributed by atoms with van der Waals surface area (Å²) in [6.45, 7) is 14.0. The zero-order valence-corrected chi connectivity index (χ0v) is 19.8. The average Bonchev–Trinajstić information content (AvgIpc) is 2.94. The molecule has 32 heavy (non-hydrogen) atoms. The van der Waals surface area contributed by atoms with Crippen molar-refractivity contribution in [1.82, 2.24) is 9.80 Å². The SMILES string of the molecule is CCCN1CCN(c2ccc3c(c2)CN(C(=O)OCc2ccccc2)CCC3(C)C)CC1. The molecule has 0 unspecified atom stereocenters. The highest BCUT2D eigenvalue weighted by Gasteiger charge is 2.31. The van der Waals surface area contributed by atoms with Crippen molar-refractivity contribution in [2.24, 2.45) is 0 Å². The molecule has 2 heterocycles. The number of ether oxygens (including phenoxy) is 1. The fourth-order valence-electron chi connectivity index (χ4n) is 4.91. The Hall–Kier alpha value is -2.53. The van der Waals surface area contributed by atoms with Crippen LogP contribution in [0.3, 0.4) is 0 Å². The number of fused-ring (bicyclic) bond motifs is 1. The summed E-state index contributed by atoms with van der Waals surface area (Å²) >= 11 is 0. The van der Waals surface area contributed by atoms with Crippen LogP contribution in [0.1, 0.15) is 50.3 Å². The summed E-state index contributed by atoms with van der Waals surface area (Å²) in [6, 6.07) is 16.8. The van der Waals surface area contributed by atoms with Crippen LogP contribution in [0.2, 0.25) is 0 Å². The van der Waals surface area contributed by atoms with Crippen molar-refractivity contribution in [2.45, 2.75) is 52.2 Å². The van der Waals surface area contributed by atoms with Crippen LogP contribution in [-0.2, 0) is 23.3 Å². The van der Waals surface area contributed by atoms with Crippen LogP contribution in [0.4, 0.5) is 10.5 Å². The predicted octanol–water partition coefficient (Wildman–Crippen LogP) is 5.04. The second-order valence-corrected chi connectivity index (χ2v) is 9.77. The molecule has 2 aromatic rings. The molecule has 2 aliphatic rings. The number of piperazine rings is 1. The summed E-state index contributed by atoms with van der Waals surface area (Å²) in [5.41, 5.74) is 4.92. The summed E-state index contributed by atoms with van der Waals surface area (Å²) in [5, 5.41) is 0. The minimum Gasteiger partial charge on any atom is -0.445 e. The van der Waals surface area contributed by atoms with Crippen molar-refractivity contribution in [1.29, 1.82) is 0 Å². The van der Waals surface area contributed by atoms with Crippen LogP contribution in [0.15, 0.2) is 48.5 Å². The van der Waals surface area contributed by atoms with Crippen LogP contribution in [0, 0.1) is 0 Å². The highest BCUT2D eigenvalue weighted by Crippen LogP contribution is 2.36. The Kier molecular flexibility index (Phi) is 7.04. The van der Waals surface area contributed by atoms with Crippen molar-refractivity contribution in [3.63, 3.8) is 0 Å². The van der Waals surface area contributed by atoms with Gasteiger partial charge in [-0.2, -0.15) is 0 Å². The topological polar surface area (TPSA) is 36.0 Å². The molecule has 2 aromatic carbocycles. The van der Waals surface area contributed by atoms with E-state index < -0.39 is 0 Å². The number of carbonyl (C=O) groups excluding carboxylic acids is 1. The monoisotopic (exact) mass is 435 g/mol. The standard InChI is InChI=1S/C27H37N3O2/c1-4-13-28-15-17-29(18-16-28)24-10-11-25-23(19-24)20-30(14-12-27(25,2)3)26(31)32-21-22-8-6-5-7-9-22/h5-11,19H,4,12-18,20-21H2,1-3H3. The van der Waals surface area contributed by atoms with E-state index in [2.05, 4.69) is 48.8 Å². The summed E-state index contributed by atoms with van der Waals surface area (Å²) in [6.07, 6.45) is 1.91. The molecule has 5 nitrogen and oxygen atoms in total. The Bertz CT molecular complexity index is 904. The van der Waals surface area contributed by atoms with Gasteiger partial charge in [-0.05, 0) is 53.6 Å². The van der Waals surface area contributed by atoms with Gasteiger partial charge >= 0.3 is 6.09 Å². The quantitative estimate of drug-likeness (QED) is 0.659. The average molecular weight is 436 g/mol. The van der Waals surface area contributed by atoms with Crippen molar-refractivity contribution in [2.75, 3.05) is 44.2 Å². The molecule has 0 spiro atoms. The van der Waals surface area contributed by atoms with E-state index in [1.165, 1.54) is 29.8 Å². The van der Waals surface area contributed by atoms with Gasteiger partial charge in [0, 0.05) is 45.0 Å². The first kappa shape index (κ1) is 22.7. The first-order chi connectivity index (χ1) is 15.5. The van der Waals surface area contributed by atoms with Gasteiger partial charge in [0.2, 0.25) is 0 Å². The van der Waals surface area contributed by atoms with E-state index in [1.54, 1.807) is 0 Å². The minimum absolute atomic E-state index is 0.0299. The summed E-state index contributed by atoms with van der Waals surface area (Å²) in [7, 11) is 0. The van der Waals surface area contributed by atoms with E-state index >= 15 is 0 Å². The van der Waals surface area contributed by atoms with Gasteiger partial charge in [-0.25, -0.2) is 4.79 Å². The number of rotatable bonds is 5. The maximum Gasteiger partial charge on any atom is 0.410 e. The molecule has 0 atom stereocenters. The summed E-state index contributed by atoms with van der Waals surface area (Å²) < 4.78 is 5.66. The molecule has 0 N–H and O–H groups in total. The Labute approximate surface area is 193 Å². The van der Waals surface area contributed by atoms with E-state index in [4.69, 9.17) is 4.74 Å². The minimum atomic E-state index is -0.226. The van der Waals surface area contributed by atoms with Crippen LogP contribution in [0.25, 0.3) is 0 Å². The zero-order valence-electron chi connectivity index (χ0n) is 19.8. The first-order valence-corrected chi connectivity index (χ1v) is 12.0. The lowest BCUT2D eigenvalue weighted by Crippen LogP contribution is -2.46. The van der Waals surface area contributed by atoms with Crippen molar-refractivity contribution >= 4 is 11.8 Å². The fourth-order valence-corrected chi connectivity index (χ4v) is 4.91. The number of benzene rings is 2. The predicted molar refractivity (Wildman–Crippen MR) is 130 cm³/mol. The highest BCUT2D eigenvalue weighted by molar-refractivity contribution is 5.68. The molecule has 0 aliphatic carbocycles. The van der Waals surface area contributed by atoms with Gasteiger partial charge in [-0.15, -0.1) is 0 Å². The molecular formula is C27H37N3O2. The lowest BCUT2D eigenvalue weighted by molar-refractivity contribution is 0.0930. The Balaban J connectivity index is 1.47. The van der Waals surface area contributed by atoms with Gasteiger partial charge in [0.25, 0.3) is 0 Å². The number of nitrogens with zero attached hydrogens (tertiary/aromatic N) is 3. The van der Waals surface area contributed by atoms with Crippen molar-refractivity contribution in [3.05, 3.63) is 65.2 Å². The normalized spacial score (nSPS) is 18.7. The van der Waals surface area contributed by atoms with Crippen LogP contribution >= 0.6 is 0 Å². The summed E-state index contributed by atoms with van der Waals surface area (Å²) in [4.78, 5) is 19.8. The lowest BCUT2D eigenvalue weighted by atomic mass is 9.80. The van der Waals surface area contributed by atoms with Gasteiger partial charge < -0.3 is 14.5 Å². The maximum atomic E-state index is 12.9. The molecule has 0 saturated carbocycles. The van der Waals surface area contributed by atoms with Crippen molar-refractivity contribution < 1.29 is 9.53 Å². The third-order valence-electron chi connectivity index (χ3n) is 6.93. The largest absolute Gasteiger partial charge is 0.445 e. The van der Waals surface area contributed by atoms with Crippen LogP contribution in [-0.4, -0.2) is 55.2 Å². The molecule has 4 rings (SSSR count). The molecule has 2 aliphatic heterocycles. The molecule has 0 bridgehead atoms. The number of carbonyl (C=O) groups is 1. The Morgan fingerprint density at radius 2 is 1.75 bits per heavy atom. The molecule has 0 radical (unpaired) electrons. The van der Waals surface area contributed by atoms with E-state index in [-0.39, 0.29) is 11.5 Å². The van der Waals surface area contributed by atoms with E-state index in [1.807, 2.05) is 35.2 Å². The first-order valence-electron chi connectivity index (χ1n) is 12.0. The molecule has 1 fully saturated rings. The van der Waals surface area contributed by atoms with Gasteiger partial charge in [0.05, 0.1) is 0 Å². The second-order valence-electron chi connectivity index (χ2n) is 9.77. The van der Waals surface area contributed by atoms with Gasteiger partial charge in [0.1, 0.15) is 6.61 Å². The third kappa shape index (κ3) is 5.26. The van der Waals surface area contributed by atoms with Gasteiger partial charge in [-0.3, -0.25) is 4.90 Å². The molecule has 1 saturated heterocycles. The fraction of sp³-hybridized carbons (Fsp3) is 0.519. The zero-order chi connectivity index (χ0) is 22.6. The smallest absolute Gasteiger partial charge is 0.410 e. The number of amides is 1. The lowest BCUT2D eigenvalue weighted by Gasteiger charge is -2.36. The maximum absolute atomic E-state index is 12.9. The Morgan fingerprint density at radius 1 is 1.00 bits per heavy atom. The molecule has 0 aromatic heterocycles. The number of anilines is 1. The number of hydrogen-bond acceptors (Lipinski definition) is 4. The molecule has 1 amide bonds. The highest BCUT2D eigenvalue weighted by atomic mass is 16.6. The van der Waals surface area contributed by atoms with E-state index in [9.17, 15) is 4.79 Å². The third-order valence-corrected chi connectivity index (χ3v) is 6.93. The van der Waals surface area contributed by atoms with E-state index in [0.29, 0.717) is 19.7 Å². The molecule has 172 valence electrons. The van der Waals surface area contributed by atoms with Crippen LogP contribution in [0.5, 0.6) is 0 Å². The summed E-state index contributed by atoms with van der Waals surface area (Å²) in [5.74, 6) is 0. The Morgan fingerprint density at radius 3 is 2.47 bits per heavy atom. The molecule has 5 heteroatoms. The van der Waals surface area contributed by atoms with E-state index in [0.717, 1.165) is 38.2 Å². The number of hydrogen-bond donors (Lipinski definition) is 0. The van der Waals surface area contributed by atoms with Gasteiger partial charge in [-0.1, -0.05) is 57.2 Å².